The van der Waals surface area contributed by atoms with Gasteiger partial charge in [0.05, 0.1) is 23.3 Å². The average Bonchev–Trinajstić information content (AvgIpc) is 3.29. The van der Waals surface area contributed by atoms with Crippen molar-refractivity contribution in [3.05, 3.63) is 35.9 Å². The molecule has 2 aliphatic heterocycles. The highest BCUT2D eigenvalue weighted by Gasteiger charge is 2.47. The minimum atomic E-state index is -3.51. The molecule has 2 fully saturated rings. The number of hydrogen-bond acceptors (Lipinski definition) is 5. The maximum atomic E-state index is 13.2. The summed E-state index contributed by atoms with van der Waals surface area (Å²) in [6, 6.07) is 4.01. The molecule has 140 valence electrons. The summed E-state index contributed by atoms with van der Waals surface area (Å²) in [6.45, 7) is 6.58. The zero-order valence-electron chi connectivity index (χ0n) is 15.5. The van der Waals surface area contributed by atoms with Gasteiger partial charge in [-0.25, -0.2) is 8.42 Å². The number of nitrogens with zero attached hydrogens (tertiary/aromatic N) is 5. The van der Waals surface area contributed by atoms with Crippen molar-refractivity contribution in [2.24, 2.45) is 12.5 Å². The van der Waals surface area contributed by atoms with Gasteiger partial charge in [0.1, 0.15) is 4.90 Å². The molecule has 7 nitrogen and oxygen atoms in total. The van der Waals surface area contributed by atoms with Crippen LogP contribution in [0.5, 0.6) is 0 Å². The minimum Gasteiger partial charge on any atom is -0.370 e. The summed E-state index contributed by atoms with van der Waals surface area (Å²) >= 11 is 0. The van der Waals surface area contributed by atoms with Crippen LogP contribution in [0.15, 0.2) is 29.4 Å². The fourth-order valence-corrected chi connectivity index (χ4v) is 6.34. The van der Waals surface area contributed by atoms with Gasteiger partial charge in [-0.15, -0.1) is 0 Å². The zero-order valence-corrected chi connectivity index (χ0v) is 16.3. The van der Waals surface area contributed by atoms with Crippen molar-refractivity contribution in [2.45, 2.75) is 31.6 Å². The third-order valence-electron chi connectivity index (χ3n) is 5.89. The van der Waals surface area contributed by atoms with Gasteiger partial charge >= 0.3 is 0 Å². The lowest BCUT2D eigenvalue weighted by Crippen LogP contribution is -2.34. The number of aryl methyl sites for hydroxylation is 2. The van der Waals surface area contributed by atoms with E-state index in [1.807, 2.05) is 19.2 Å². The highest BCUT2D eigenvalue weighted by Crippen LogP contribution is 2.43. The first-order chi connectivity index (χ1) is 12.3. The Kier molecular flexibility index (Phi) is 4.07. The Morgan fingerprint density at radius 2 is 1.92 bits per heavy atom. The molecule has 1 atom stereocenters. The molecule has 0 amide bonds. The Labute approximate surface area is 154 Å². The fraction of sp³-hybridized carbons (Fsp3) is 0.556. The summed E-state index contributed by atoms with van der Waals surface area (Å²) < 4.78 is 29.8. The highest BCUT2D eigenvalue weighted by atomic mass is 32.2. The Morgan fingerprint density at radius 3 is 2.58 bits per heavy atom. The van der Waals surface area contributed by atoms with Crippen molar-refractivity contribution in [1.29, 1.82) is 0 Å². The number of pyridine rings is 1. The maximum absolute atomic E-state index is 13.2. The molecule has 4 rings (SSSR count). The van der Waals surface area contributed by atoms with E-state index >= 15 is 0 Å². The quantitative estimate of drug-likeness (QED) is 0.817. The monoisotopic (exact) mass is 375 g/mol. The van der Waals surface area contributed by atoms with Crippen molar-refractivity contribution in [1.82, 2.24) is 19.1 Å². The van der Waals surface area contributed by atoms with E-state index in [-0.39, 0.29) is 5.41 Å². The molecule has 0 N–H and O–H groups in total. The van der Waals surface area contributed by atoms with E-state index in [9.17, 15) is 8.42 Å². The van der Waals surface area contributed by atoms with Crippen molar-refractivity contribution >= 4 is 15.7 Å². The summed E-state index contributed by atoms with van der Waals surface area (Å²) in [6.07, 6.45) is 5.57. The van der Waals surface area contributed by atoms with Gasteiger partial charge in [-0.05, 0) is 38.8 Å². The first kappa shape index (κ1) is 17.5. The molecular formula is C18H25N5O2S. The Hall–Kier alpha value is -1.93. The van der Waals surface area contributed by atoms with Gasteiger partial charge < -0.3 is 4.90 Å². The molecule has 1 unspecified atom stereocenters. The van der Waals surface area contributed by atoms with Crippen LogP contribution in [0.1, 0.15) is 24.2 Å². The van der Waals surface area contributed by atoms with Crippen LogP contribution < -0.4 is 4.90 Å². The molecular weight excluding hydrogens is 350 g/mol. The van der Waals surface area contributed by atoms with Crippen LogP contribution in [-0.4, -0.2) is 53.7 Å². The second kappa shape index (κ2) is 6.06. The molecule has 26 heavy (non-hydrogen) atoms. The fourth-order valence-electron chi connectivity index (χ4n) is 4.39. The highest BCUT2D eigenvalue weighted by molar-refractivity contribution is 7.89. The average molecular weight is 375 g/mol. The third kappa shape index (κ3) is 2.72. The first-order valence-electron chi connectivity index (χ1n) is 8.98. The number of rotatable bonds is 3. The van der Waals surface area contributed by atoms with Crippen LogP contribution >= 0.6 is 0 Å². The molecule has 0 aromatic carbocycles. The zero-order chi connectivity index (χ0) is 18.5. The first-order valence-corrected chi connectivity index (χ1v) is 10.4. The van der Waals surface area contributed by atoms with Gasteiger partial charge in [-0.1, -0.05) is 0 Å². The van der Waals surface area contributed by atoms with Gasteiger partial charge in [0, 0.05) is 44.8 Å². The molecule has 0 radical (unpaired) electrons. The number of hydrogen-bond donors (Lipinski definition) is 0. The molecule has 0 saturated carbocycles. The summed E-state index contributed by atoms with van der Waals surface area (Å²) in [5, 5.41) is 4.28. The van der Waals surface area contributed by atoms with Crippen molar-refractivity contribution in [2.75, 3.05) is 31.1 Å². The van der Waals surface area contributed by atoms with Crippen LogP contribution in [-0.2, 0) is 17.1 Å². The van der Waals surface area contributed by atoms with Crippen LogP contribution in [0.3, 0.4) is 0 Å². The second-order valence-electron chi connectivity index (χ2n) is 7.59. The van der Waals surface area contributed by atoms with Gasteiger partial charge in [0.15, 0.2) is 0 Å². The Morgan fingerprint density at radius 1 is 1.15 bits per heavy atom. The predicted molar refractivity (Wildman–Crippen MR) is 99.6 cm³/mol. The van der Waals surface area contributed by atoms with Crippen LogP contribution in [0.4, 0.5) is 5.69 Å². The van der Waals surface area contributed by atoms with E-state index in [0.717, 1.165) is 31.6 Å². The smallest absolute Gasteiger partial charge is 0.246 e. The van der Waals surface area contributed by atoms with E-state index < -0.39 is 10.0 Å². The molecule has 2 aliphatic rings. The Bertz CT molecular complexity index is 925. The van der Waals surface area contributed by atoms with Crippen molar-refractivity contribution in [3.8, 4) is 0 Å². The lowest BCUT2D eigenvalue weighted by atomic mass is 9.86. The number of aromatic nitrogens is 3. The lowest BCUT2D eigenvalue weighted by Gasteiger charge is -2.25. The number of anilines is 1. The molecule has 8 heteroatoms. The molecule has 0 bridgehead atoms. The molecule has 2 aromatic rings. The van der Waals surface area contributed by atoms with E-state index in [4.69, 9.17) is 0 Å². The van der Waals surface area contributed by atoms with E-state index in [1.54, 1.807) is 29.2 Å². The largest absolute Gasteiger partial charge is 0.370 e. The van der Waals surface area contributed by atoms with E-state index in [2.05, 4.69) is 21.0 Å². The van der Waals surface area contributed by atoms with Crippen molar-refractivity contribution < 1.29 is 8.42 Å². The molecule has 4 heterocycles. The topological polar surface area (TPSA) is 71.3 Å². The van der Waals surface area contributed by atoms with Crippen LogP contribution in [0, 0.1) is 19.3 Å². The lowest BCUT2D eigenvalue weighted by molar-refractivity contribution is 0.341. The summed E-state index contributed by atoms with van der Waals surface area (Å²) in [5.74, 6) is 0. The summed E-state index contributed by atoms with van der Waals surface area (Å²) in [4.78, 5) is 6.90. The van der Waals surface area contributed by atoms with Gasteiger partial charge in [-0.2, -0.15) is 9.40 Å². The van der Waals surface area contributed by atoms with Gasteiger partial charge in [0.2, 0.25) is 10.0 Å². The summed E-state index contributed by atoms with van der Waals surface area (Å²) in [5.41, 5.74) is 2.43. The maximum Gasteiger partial charge on any atom is 0.246 e. The Balaban J connectivity index is 1.55. The standard InChI is InChI=1S/C18H25N5O2S/c1-14-17(15(2)21(3)20-14)26(24,25)23-10-7-18(13-23)6-9-22(12-18)16-5-4-8-19-11-16/h4-5,8,11H,6-7,9-10,12-13H2,1-3H3. The van der Waals surface area contributed by atoms with Gasteiger partial charge in [-0.3, -0.25) is 9.67 Å². The van der Waals surface area contributed by atoms with Crippen LogP contribution in [0.25, 0.3) is 0 Å². The molecule has 2 saturated heterocycles. The molecule has 2 aromatic heterocycles. The summed E-state index contributed by atoms with van der Waals surface area (Å²) in [7, 11) is -1.72. The second-order valence-corrected chi connectivity index (χ2v) is 9.47. The third-order valence-corrected chi connectivity index (χ3v) is 7.99. The van der Waals surface area contributed by atoms with E-state index in [1.165, 1.54) is 0 Å². The van der Waals surface area contributed by atoms with Crippen molar-refractivity contribution in [3.63, 3.8) is 0 Å². The minimum absolute atomic E-state index is 0.0347. The number of sulfonamides is 1. The van der Waals surface area contributed by atoms with Gasteiger partial charge in [0.25, 0.3) is 0 Å². The van der Waals surface area contributed by atoms with Crippen LogP contribution in [0.2, 0.25) is 0 Å². The normalized spacial score (nSPS) is 24.0. The molecule has 0 aliphatic carbocycles. The predicted octanol–water partition coefficient (Wildman–Crippen LogP) is 1.72. The van der Waals surface area contributed by atoms with E-state index in [0.29, 0.717) is 29.4 Å². The molecule has 1 spiro atoms. The SMILES string of the molecule is Cc1nn(C)c(C)c1S(=O)(=O)N1CCC2(CCN(c3cccnc3)C2)C1.